The number of rotatable bonds is 3. The maximum atomic E-state index is 11.8. The molecule has 0 aliphatic heterocycles. The van der Waals surface area contributed by atoms with E-state index in [1.165, 1.54) is 0 Å². The van der Waals surface area contributed by atoms with E-state index < -0.39 is 11.9 Å². The van der Waals surface area contributed by atoms with Gasteiger partial charge in [-0.15, -0.1) is 0 Å². The van der Waals surface area contributed by atoms with Crippen LogP contribution >= 0.6 is 0 Å². The van der Waals surface area contributed by atoms with Crippen LogP contribution in [0.4, 0.5) is 0 Å². The number of carbonyl (C=O) groups excluding carboxylic acids is 1. The average molecular weight is 239 g/mol. The second-order valence-corrected chi connectivity index (χ2v) is 5.76. The van der Waals surface area contributed by atoms with E-state index in [-0.39, 0.29) is 17.9 Å². The Kier molecular flexibility index (Phi) is 3.40. The van der Waals surface area contributed by atoms with Crippen molar-refractivity contribution in [2.45, 2.75) is 45.6 Å². The van der Waals surface area contributed by atoms with Gasteiger partial charge in [0.2, 0.25) is 5.91 Å². The Labute approximate surface area is 102 Å². The van der Waals surface area contributed by atoms with E-state index in [0.29, 0.717) is 12.3 Å². The van der Waals surface area contributed by atoms with E-state index in [1.807, 2.05) is 0 Å². The van der Waals surface area contributed by atoms with Crippen LogP contribution in [0, 0.1) is 23.7 Å². The first-order valence-corrected chi connectivity index (χ1v) is 6.52. The summed E-state index contributed by atoms with van der Waals surface area (Å²) in [6.07, 6.45) is 3.72. The third kappa shape index (κ3) is 2.79. The molecule has 4 heteroatoms. The van der Waals surface area contributed by atoms with Gasteiger partial charge in [-0.1, -0.05) is 13.8 Å². The molecular weight excluding hydrogens is 218 g/mol. The Bertz CT molecular complexity index is 329. The Hall–Kier alpha value is -1.06. The molecule has 0 radical (unpaired) electrons. The molecule has 4 nitrogen and oxygen atoms in total. The number of aliphatic carboxylic acids is 1. The average Bonchev–Trinajstić information content (AvgIpc) is 3.03. The zero-order valence-corrected chi connectivity index (χ0v) is 10.5. The van der Waals surface area contributed by atoms with E-state index in [4.69, 9.17) is 5.11 Å². The molecule has 5 atom stereocenters. The number of carbonyl (C=O) groups is 2. The van der Waals surface area contributed by atoms with E-state index in [2.05, 4.69) is 19.2 Å². The molecule has 2 rings (SSSR count). The van der Waals surface area contributed by atoms with Crippen molar-refractivity contribution < 1.29 is 14.7 Å². The molecule has 17 heavy (non-hydrogen) atoms. The fraction of sp³-hybridized carbons (Fsp3) is 0.846. The van der Waals surface area contributed by atoms with Crippen LogP contribution in [-0.2, 0) is 9.59 Å². The Morgan fingerprint density at radius 3 is 2.29 bits per heavy atom. The Morgan fingerprint density at radius 2 is 1.76 bits per heavy atom. The molecular formula is C13H21NO3. The lowest BCUT2D eigenvalue weighted by Gasteiger charge is -2.32. The molecule has 2 aliphatic rings. The number of hydrogen-bond donors (Lipinski definition) is 2. The highest BCUT2D eigenvalue weighted by molar-refractivity contribution is 5.89. The van der Waals surface area contributed by atoms with Crippen LogP contribution in [0.25, 0.3) is 0 Å². The van der Waals surface area contributed by atoms with Crippen LogP contribution in [0.1, 0.15) is 39.5 Å². The lowest BCUT2D eigenvalue weighted by atomic mass is 9.79. The summed E-state index contributed by atoms with van der Waals surface area (Å²) in [5, 5.41) is 11.8. The molecule has 2 saturated carbocycles. The largest absolute Gasteiger partial charge is 0.481 e. The fourth-order valence-electron chi connectivity index (χ4n) is 2.74. The molecule has 0 saturated heterocycles. The van der Waals surface area contributed by atoms with Gasteiger partial charge in [0.25, 0.3) is 0 Å². The minimum atomic E-state index is -0.837. The standard InChI is InChI=1S/C13H21NO3/c1-7-3-4-9(5-8(7)2)14-12(15)10-6-11(10)13(16)17/h7-11H,3-6H2,1-2H3,(H,14,15)(H,16,17)/t7?,8?,9?,10-,11+/m1/s1. The molecule has 0 aromatic carbocycles. The summed E-state index contributed by atoms with van der Waals surface area (Å²) in [4.78, 5) is 22.5. The maximum absolute atomic E-state index is 11.8. The zero-order valence-electron chi connectivity index (χ0n) is 10.5. The topological polar surface area (TPSA) is 66.4 Å². The minimum absolute atomic E-state index is 0.0517. The molecule has 0 heterocycles. The molecule has 0 bridgehead atoms. The van der Waals surface area contributed by atoms with Gasteiger partial charge in [-0.05, 0) is 37.5 Å². The zero-order chi connectivity index (χ0) is 12.6. The van der Waals surface area contributed by atoms with Crippen molar-refractivity contribution in [2.24, 2.45) is 23.7 Å². The van der Waals surface area contributed by atoms with Crippen LogP contribution in [0.15, 0.2) is 0 Å². The summed E-state index contributed by atoms with van der Waals surface area (Å²) in [7, 11) is 0. The Morgan fingerprint density at radius 1 is 1.06 bits per heavy atom. The van der Waals surface area contributed by atoms with E-state index in [0.717, 1.165) is 25.2 Å². The number of amides is 1. The highest BCUT2D eigenvalue weighted by Crippen LogP contribution is 2.39. The van der Waals surface area contributed by atoms with Gasteiger partial charge in [0.05, 0.1) is 11.8 Å². The number of hydrogen-bond acceptors (Lipinski definition) is 2. The van der Waals surface area contributed by atoms with Gasteiger partial charge in [0.1, 0.15) is 0 Å². The van der Waals surface area contributed by atoms with Crippen molar-refractivity contribution in [3.05, 3.63) is 0 Å². The fourth-order valence-corrected chi connectivity index (χ4v) is 2.74. The van der Waals surface area contributed by atoms with Crippen molar-refractivity contribution in [1.82, 2.24) is 5.32 Å². The van der Waals surface area contributed by atoms with Gasteiger partial charge >= 0.3 is 5.97 Å². The van der Waals surface area contributed by atoms with Crippen LogP contribution in [0.3, 0.4) is 0 Å². The number of nitrogens with one attached hydrogen (secondary N) is 1. The smallest absolute Gasteiger partial charge is 0.307 e. The highest BCUT2D eigenvalue weighted by Gasteiger charge is 2.48. The molecule has 0 spiro atoms. The van der Waals surface area contributed by atoms with Gasteiger partial charge in [0.15, 0.2) is 0 Å². The molecule has 0 aromatic rings. The van der Waals surface area contributed by atoms with Crippen LogP contribution in [0.2, 0.25) is 0 Å². The SMILES string of the molecule is CC1CCC(NC(=O)[C@@H]2C[C@@H]2C(=O)O)CC1C. The summed E-state index contributed by atoms with van der Waals surface area (Å²) in [5.74, 6) is -0.226. The van der Waals surface area contributed by atoms with Gasteiger partial charge in [-0.3, -0.25) is 9.59 Å². The van der Waals surface area contributed by atoms with Crippen LogP contribution in [-0.4, -0.2) is 23.0 Å². The number of carboxylic acid groups (broad SMARTS) is 1. The van der Waals surface area contributed by atoms with E-state index >= 15 is 0 Å². The maximum Gasteiger partial charge on any atom is 0.307 e. The van der Waals surface area contributed by atoms with Crippen LogP contribution < -0.4 is 5.32 Å². The monoisotopic (exact) mass is 239 g/mol. The van der Waals surface area contributed by atoms with Crippen molar-refractivity contribution in [3.63, 3.8) is 0 Å². The first-order chi connectivity index (χ1) is 7.99. The van der Waals surface area contributed by atoms with Crippen LogP contribution in [0.5, 0.6) is 0 Å². The normalized spacial score (nSPS) is 40.7. The third-order valence-electron chi connectivity index (χ3n) is 4.39. The van der Waals surface area contributed by atoms with Gasteiger partial charge in [0, 0.05) is 6.04 Å². The first-order valence-electron chi connectivity index (χ1n) is 6.52. The second-order valence-electron chi connectivity index (χ2n) is 5.76. The molecule has 2 aliphatic carbocycles. The minimum Gasteiger partial charge on any atom is -0.481 e. The van der Waals surface area contributed by atoms with E-state index in [9.17, 15) is 9.59 Å². The summed E-state index contributed by atoms with van der Waals surface area (Å²) < 4.78 is 0. The summed E-state index contributed by atoms with van der Waals surface area (Å²) >= 11 is 0. The predicted molar refractivity (Wildman–Crippen MR) is 63.3 cm³/mol. The lowest BCUT2D eigenvalue weighted by Crippen LogP contribution is -2.41. The molecule has 2 fully saturated rings. The quantitative estimate of drug-likeness (QED) is 0.787. The second kappa shape index (κ2) is 4.67. The molecule has 0 aromatic heterocycles. The van der Waals surface area contributed by atoms with Gasteiger partial charge in [-0.25, -0.2) is 0 Å². The summed E-state index contributed by atoms with van der Waals surface area (Å²) in [5.41, 5.74) is 0. The predicted octanol–water partition coefficient (Wildman–Crippen LogP) is 1.65. The summed E-state index contributed by atoms with van der Waals surface area (Å²) in [6.45, 7) is 4.48. The summed E-state index contributed by atoms with van der Waals surface area (Å²) in [6, 6.07) is 0.253. The third-order valence-corrected chi connectivity index (χ3v) is 4.39. The van der Waals surface area contributed by atoms with Crippen molar-refractivity contribution in [3.8, 4) is 0 Å². The number of carboxylic acids is 1. The van der Waals surface area contributed by atoms with E-state index in [1.54, 1.807) is 0 Å². The van der Waals surface area contributed by atoms with Crippen molar-refractivity contribution in [1.29, 1.82) is 0 Å². The molecule has 3 unspecified atom stereocenters. The molecule has 2 N–H and O–H groups in total. The molecule has 96 valence electrons. The molecule has 1 amide bonds. The Balaban J connectivity index is 1.78. The highest BCUT2D eigenvalue weighted by atomic mass is 16.4. The van der Waals surface area contributed by atoms with Gasteiger partial charge < -0.3 is 10.4 Å². The lowest BCUT2D eigenvalue weighted by molar-refractivity contribution is -0.140. The van der Waals surface area contributed by atoms with Crippen molar-refractivity contribution in [2.75, 3.05) is 0 Å². The van der Waals surface area contributed by atoms with Crippen molar-refractivity contribution >= 4 is 11.9 Å². The first kappa shape index (κ1) is 12.4. The van der Waals surface area contributed by atoms with Gasteiger partial charge in [-0.2, -0.15) is 0 Å².